The molecule has 2 aromatic rings. The summed E-state index contributed by atoms with van der Waals surface area (Å²) in [4.78, 5) is 22.5. The number of nitrogens with two attached hydrogens (primary N) is 1. The third-order valence-electron chi connectivity index (χ3n) is 3.09. The van der Waals surface area contributed by atoms with Gasteiger partial charge in [0, 0.05) is 12.1 Å². The van der Waals surface area contributed by atoms with Gasteiger partial charge in [-0.15, -0.1) is 0 Å². The highest BCUT2D eigenvalue weighted by molar-refractivity contribution is 5.95. The fourth-order valence-corrected chi connectivity index (χ4v) is 2.07. The van der Waals surface area contributed by atoms with E-state index in [1.807, 2.05) is 6.92 Å². The van der Waals surface area contributed by atoms with E-state index in [2.05, 4.69) is 5.32 Å². The highest BCUT2D eigenvalue weighted by Gasteiger charge is 2.09. The van der Waals surface area contributed by atoms with Crippen molar-refractivity contribution in [2.75, 3.05) is 12.3 Å². The van der Waals surface area contributed by atoms with Crippen LogP contribution < -0.4 is 15.8 Å². The maximum atomic E-state index is 11.8. The van der Waals surface area contributed by atoms with Gasteiger partial charge in [0.25, 0.3) is 5.91 Å². The number of benzene rings is 2. The van der Waals surface area contributed by atoms with Crippen LogP contribution in [0.15, 0.2) is 42.5 Å². The van der Waals surface area contributed by atoms with Gasteiger partial charge in [-0.25, -0.2) is 0 Å². The number of rotatable bonds is 6. The molecule has 0 aliphatic carbocycles. The second-order valence-electron chi connectivity index (χ2n) is 4.93. The molecule has 120 valence electrons. The molecule has 0 atom stereocenters. The molecule has 0 radical (unpaired) electrons. The standard InChI is InChI=1S/C17H18N2O4/c1-2-19-17(22)12-6-7-15(14(18)10-12)23-13-5-3-4-11(8-13)9-16(20)21/h3-8,10H,2,9,18H2,1H3,(H,19,22)(H,20,21). The molecule has 0 saturated carbocycles. The molecule has 0 spiro atoms. The van der Waals surface area contributed by atoms with Gasteiger partial charge in [-0.3, -0.25) is 9.59 Å². The number of carbonyl (C=O) groups excluding carboxylic acids is 1. The molecule has 0 aromatic heterocycles. The second-order valence-corrected chi connectivity index (χ2v) is 4.93. The van der Waals surface area contributed by atoms with Crippen molar-refractivity contribution in [3.8, 4) is 11.5 Å². The van der Waals surface area contributed by atoms with E-state index in [1.54, 1.807) is 42.5 Å². The summed E-state index contributed by atoms with van der Waals surface area (Å²) in [5.74, 6) is -0.214. The maximum absolute atomic E-state index is 11.8. The third-order valence-corrected chi connectivity index (χ3v) is 3.09. The van der Waals surface area contributed by atoms with Gasteiger partial charge in [-0.1, -0.05) is 12.1 Å². The van der Waals surface area contributed by atoms with Crippen LogP contribution in [-0.4, -0.2) is 23.5 Å². The number of nitrogen functional groups attached to an aromatic ring is 1. The fourth-order valence-electron chi connectivity index (χ4n) is 2.07. The number of carboxylic acid groups (broad SMARTS) is 1. The fraction of sp³-hybridized carbons (Fsp3) is 0.176. The molecule has 0 fully saturated rings. The van der Waals surface area contributed by atoms with E-state index in [9.17, 15) is 9.59 Å². The van der Waals surface area contributed by atoms with Crippen molar-refractivity contribution in [2.45, 2.75) is 13.3 Å². The Balaban J connectivity index is 2.17. The minimum Gasteiger partial charge on any atom is -0.481 e. The summed E-state index contributed by atoms with van der Waals surface area (Å²) in [7, 11) is 0. The number of anilines is 1. The first-order chi connectivity index (χ1) is 11.0. The number of ether oxygens (including phenoxy) is 1. The lowest BCUT2D eigenvalue weighted by molar-refractivity contribution is -0.136. The third kappa shape index (κ3) is 4.47. The van der Waals surface area contributed by atoms with E-state index in [4.69, 9.17) is 15.6 Å². The Morgan fingerprint density at radius 2 is 2.00 bits per heavy atom. The zero-order valence-electron chi connectivity index (χ0n) is 12.7. The number of amides is 1. The zero-order chi connectivity index (χ0) is 16.8. The molecule has 0 aliphatic rings. The molecule has 23 heavy (non-hydrogen) atoms. The van der Waals surface area contributed by atoms with Crippen LogP contribution in [0.2, 0.25) is 0 Å². The molecule has 0 bridgehead atoms. The van der Waals surface area contributed by atoms with Gasteiger partial charge in [-0.2, -0.15) is 0 Å². The van der Waals surface area contributed by atoms with Crippen LogP contribution in [-0.2, 0) is 11.2 Å². The lowest BCUT2D eigenvalue weighted by Gasteiger charge is -2.11. The van der Waals surface area contributed by atoms with Crippen LogP contribution in [0.3, 0.4) is 0 Å². The first kappa shape index (κ1) is 16.4. The Labute approximate surface area is 133 Å². The molecule has 2 aromatic carbocycles. The quantitative estimate of drug-likeness (QED) is 0.711. The first-order valence-electron chi connectivity index (χ1n) is 7.16. The number of aliphatic carboxylic acids is 1. The SMILES string of the molecule is CCNC(=O)c1ccc(Oc2cccc(CC(=O)O)c2)c(N)c1. The Hall–Kier alpha value is -3.02. The van der Waals surface area contributed by atoms with Gasteiger partial charge in [-0.05, 0) is 42.8 Å². The summed E-state index contributed by atoms with van der Waals surface area (Å²) >= 11 is 0. The molecule has 4 N–H and O–H groups in total. The largest absolute Gasteiger partial charge is 0.481 e. The summed E-state index contributed by atoms with van der Waals surface area (Å²) < 4.78 is 5.68. The average molecular weight is 314 g/mol. The average Bonchev–Trinajstić information content (AvgIpc) is 2.49. The second kappa shape index (κ2) is 7.31. The van der Waals surface area contributed by atoms with Crippen molar-refractivity contribution in [2.24, 2.45) is 0 Å². The van der Waals surface area contributed by atoms with Crippen molar-refractivity contribution in [1.29, 1.82) is 0 Å². The van der Waals surface area contributed by atoms with Crippen molar-refractivity contribution in [3.05, 3.63) is 53.6 Å². The van der Waals surface area contributed by atoms with Crippen molar-refractivity contribution in [1.82, 2.24) is 5.32 Å². The van der Waals surface area contributed by atoms with Gasteiger partial charge in [0.05, 0.1) is 12.1 Å². The van der Waals surface area contributed by atoms with E-state index < -0.39 is 5.97 Å². The summed E-state index contributed by atoms with van der Waals surface area (Å²) in [6.07, 6.45) is -0.0805. The minimum atomic E-state index is -0.909. The summed E-state index contributed by atoms with van der Waals surface area (Å²) in [6.45, 7) is 2.37. The summed E-state index contributed by atoms with van der Waals surface area (Å²) in [5.41, 5.74) is 7.34. The first-order valence-corrected chi connectivity index (χ1v) is 7.16. The summed E-state index contributed by atoms with van der Waals surface area (Å²) in [6, 6.07) is 11.6. The van der Waals surface area contributed by atoms with Crippen LogP contribution in [0.1, 0.15) is 22.8 Å². The molecule has 6 nitrogen and oxygen atoms in total. The molecule has 0 heterocycles. The van der Waals surface area contributed by atoms with Gasteiger partial charge >= 0.3 is 5.97 Å². The van der Waals surface area contributed by atoms with E-state index in [-0.39, 0.29) is 12.3 Å². The van der Waals surface area contributed by atoms with Crippen molar-refractivity contribution >= 4 is 17.6 Å². The number of hydrogen-bond acceptors (Lipinski definition) is 4. The highest BCUT2D eigenvalue weighted by Crippen LogP contribution is 2.28. The Bertz CT molecular complexity index is 728. The van der Waals surface area contributed by atoms with Gasteiger partial charge in [0.2, 0.25) is 0 Å². The normalized spacial score (nSPS) is 10.1. The predicted octanol–water partition coefficient (Wildman–Crippen LogP) is 2.44. The molecular weight excluding hydrogens is 296 g/mol. The van der Waals surface area contributed by atoms with Crippen LogP contribution in [0.5, 0.6) is 11.5 Å². The van der Waals surface area contributed by atoms with Gasteiger partial charge in [0.1, 0.15) is 11.5 Å². The minimum absolute atomic E-state index is 0.0805. The Morgan fingerprint density at radius 1 is 1.22 bits per heavy atom. The van der Waals surface area contributed by atoms with Crippen molar-refractivity contribution < 1.29 is 19.4 Å². The predicted molar refractivity (Wildman–Crippen MR) is 86.7 cm³/mol. The number of hydrogen-bond donors (Lipinski definition) is 3. The molecule has 0 saturated heterocycles. The maximum Gasteiger partial charge on any atom is 0.307 e. The van der Waals surface area contributed by atoms with E-state index in [0.717, 1.165) is 0 Å². The topological polar surface area (TPSA) is 102 Å². The molecule has 6 heteroatoms. The highest BCUT2D eigenvalue weighted by atomic mass is 16.5. The number of carbonyl (C=O) groups is 2. The van der Waals surface area contributed by atoms with Crippen LogP contribution in [0, 0.1) is 0 Å². The van der Waals surface area contributed by atoms with Crippen LogP contribution in [0.4, 0.5) is 5.69 Å². The van der Waals surface area contributed by atoms with Crippen LogP contribution >= 0.6 is 0 Å². The molecule has 0 unspecified atom stereocenters. The van der Waals surface area contributed by atoms with E-state index >= 15 is 0 Å². The Morgan fingerprint density at radius 3 is 2.65 bits per heavy atom. The molecule has 2 rings (SSSR count). The smallest absolute Gasteiger partial charge is 0.307 e. The lowest BCUT2D eigenvalue weighted by Crippen LogP contribution is -2.22. The Kier molecular flexibility index (Phi) is 5.19. The molecular formula is C17H18N2O4. The van der Waals surface area contributed by atoms with Crippen molar-refractivity contribution in [3.63, 3.8) is 0 Å². The lowest BCUT2D eigenvalue weighted by atomic mass is 10.1. The van der Waals surface area contributed by atoms with E-state index in [1.165, 1.54) is 0 Å². The summed E-state index contributed by atoms with van der Waals surface area (Å²) in [5, 5.41) is 11.5. The monoisotopic (exact) mass is 314 g/mol. The van der Waals surface area contributed by atoms with Gasteiger partial charge < -0.3 is 20.9 Å². The molecule has 0 aliphatic heterocycles. The molecule has 1 amide bonds. The zero-order valence-corrected chi connectivity index (χ0v) is 12.7. The number of carboxylic acids is 1. The van der Waals surface area contributed by atoms with E-state index in [0.29, 0.717) is 34.9 Å². The van der Waals surface area contributed by atoms with Crippen LogP contribution in [0.25, 0.3) is 0 Å². The van der Waals surface area contributed by atoms with Gasteiger partial charge in [0.15, 0.2) is 0 Å². The number of nitrogens with one attached hydrogen (secondary N) is 1.